The van der Waals surface area contributed by atoms with Gasteiger partial charge in [-0.1, -0.05) is 36.7 Å². The summed E-state index contributed by atoms with van der Waals surface area (Å²) in [6, 6.07) is 0. The maximum Gasteiger partial charge on any atom is 0.303 e. The molecule has 0 radical (unpaired) electrons. The summed E-state index contributed by atoms with van der Waals surface area (Å²) in [7, 11) is 0. The van der Waals surface area contributed by atoms with E-state index < -0.39 is 17.0 Å². The highest BCUT2D eigenvalue weighted by atomic mass is 79.9. The van der Waals surface area contributed by atoms with Crippen LogP contribution in [0.2, 0.25) is 0 Å². The lowest BCUT2D eigenvalue weighted by Crippen LogP contribution is -2.61. The normalized spacial score (nSPS) is 50.3. The van der Waals surface area contributed by atoms with E-state index in [0.717, 1.165) is 38.5 Å². The van der Waals surface area contributed by atoms with E-state index in [9.17, 15) is 19.5 Å². The van der Waals surface area contributed by atoms with Crippen molar-refractivity contribution in [2.24, 2.45) is 40.4 Å². The number of ether oxygens (including phenoxy) is 1. The Hall–Kier alpha value is -0.750. The Balaban J connectivity index is 1.62. The lowest BCUT2D eigenvalue weighted by molar-refractivity contribution is -0.179. The number of carbonyl (C=O) groups excluding carboxylic acids is 3. The molecule has 5 nitrogen and oxygen atoms in total. The second-order valence-corrected chi connectivity index (χ2v) is 12.2. The van der Waals surface area contributed by atoms with Gasteiger partial charge in [0.15, 0.2) is 6.61 Å². The van der Waals surface area contributed by atoms with E-state index in [1.165, 1.54) is 6.92 Å². The molecule has 4 saturated carbocycles. The van der Waals surface area contributed by atoms with E-state index in [2.05, 4.69) is 29.8 Å². The lowest BCUT2D eigenvalue weighted by atomic mass is 9.44. The number of rotatable bonds is 3. The third kappa shape index (κ3) is 2.99. The van der Waals surface area contributed by atoms with Gasteiger partial charge in [0.1, 0.15) is 11.4 Å². The molecule has 4 rings (SSSR count). The van der Waals surface area contributed by atoms with Crippen LogP contribution in [0.15, 0.2) is 0 Å². The average molecular weight is 483 g/mol. The maximum absolute atomic E-state index is 13.1. The van der Waals surface area contributed by atoms with Crippen molar-refractivity contribution >= 4 is 33.5 Å². The molecule has 0 aliphatic heterocycles. The van der Waals surface area contributed by atoms with Crippen molar-refractivity contribution in [3.63, 3.8) is 0 Å². The monoisotopic (exact) mass is 482 g/mol. The molecule has 168 valence electrons. The third-order valence-electron chi connectivity index (χ3n) is 9.89. The van der Waals surface area contributed by atoms with Crippen LogP contribution in [-0.4, -0.2) is 39.7 Å². The first kappa shape index (κ1) is 22.4. The van der Waals surface area contributed by atoms with Crippen LogP contribution in [0.25, 0.3) is 0 Å². The first-order valence-electron chi connectivity index (χ1n) is 11.5. The summed E-state index contributed by atoms with van der Waals surface area (Å²) in [6.45, 7) is 7.39. The van der Waals surface area contributed by atoms with Crippen molar-refractivity contribution in [1.82, 2.24) is 0 Å². The molecule has 0 amide bonds. The molecule has 0 aromatic carbocycles. The van der Waals surface area contributed by atoms with Gasteiger partial charge in [0.2, 0.25) is 5.78 Å². The second-order valence-electron chi connectivity index (χ2n) is 11.1. The summed E-state index contributed by atoms with van der Waals surface area (Å²) < 4.78 is 4.98. The summed E-state index contributed by atoms with van der Waals surface area (Å²) in [6.07, 6.45) is 6.32. The van der Waals surface area contributed by atoms with E-state index in [-0.39, 0.29) is 34.5 Å². The van der Waals surface area contributed by atoms with Gasteiger partial charge in [-0.15, -0.1) is 0 Å². The number of halogens is 1. The van der Waals surface area contributed by atoms with Gasteiger partial charge in [-0.05, 0) is 73.5 Å². The summed E-state index contributed by atoms with van der Waals surface area (Å²) in [5, 5.41) is 11.8. The fourth-order valence-corrected chi connectivity index (χ4v) is 9.16. The quantitative estimate of drug-likeness (QED) is 0.483. The minimum absolute atomic E-state index is 0.0458. The Morgan fingerprint density at radius 3 is 2.57 bits per heavy atom. The average Bonchev–Trinajstić information content (AvgIpc) is 2.88. The van der Waals surface area contributed by atoms with Gasteiger partial charge >= 0.3 is 5.97 Å². The van der Waals surface area contributed by atoms with Crippen LogP contribution in [0.5, 0.6) is 0 Å². The number of carbonyl (C=O) groups is 3. The zero-order valence-electron chi connectivity index (χ0n) is 18.6. The van der Waals surface area contributed by atoms with Gasteiger partial charge in [0.25, 0.3) is 0 Å². The Labute approximate surface area is 187 Å². The summed E-state index contributed by atoms with van der Waals surface area (Å²) in [5.74, 6) is 1.07. The van der Waals surface area contributed by atoms with Crippen molar-refractivity contribution in [2.45, 2.75) is 83.1 Å². The number of alkyl halides is 1. The van der Waals surface area contributed by atoms with Crippen molar-refractivity contribution < 1.29 is 24.2 Å². The standard InChI is InChI=1S/C24H35BrO5/c1-13-9-18-16-6-5-15-10-20(27)19(25)11-22(15,3)17(16)7-8-23(18,4)24(13,29)21(28)12-30-14(2)26/h13,15-19,29H,5-12H2,1-4H3/t13-,15+,16-,17+,18-,19-,22+,23+,24+/m1/s1. The number of esters is 1. The SMILES string of the molecule is CC(=O)OCC(=O)[C@@]1(O)[C@H](C)C[C@@H]2[C@@H]3CC[C@H]4CC(=O)[C@H](Br)C[C@]4(C)[C@H]3CC[C@@]21C. The number of Topliss-reactive ketones (excluding diaryl/α,β-unsaturated/α-hetero) is 2. The molecule has 0 spiro atoms. The Morgan fingerprint density at radius 2 is 1.90 bits per heavy atom. The first-order valence-corrected chi connectivity index (χ1v) is 12.4. The number of aliphatic hydroxyl groups is 1. The van der Waals surface area contributed by atoms with Crippen LogP contribution < -0.4 is 0 Å². The van der Waals surface area contributed by atoms with Gasteiger partial charge < -0.3 is 9.84 Å². The second kappa shape index (κ2) is 7.40. The minimum atomic E-state index is -1.45. The van der Waals surface area contributed by atoms with E-state index in [1.54, 1.807) is 0 Å². The highest BCUT2D eigenvalue weighted by molar-refractivity contribution is 9.10. The molecular formula is C24H35BrO5. The molecule has 0 saturated heterocycles. The summed E-state index contributed by atoms with van der Waals surface area (Å²) in [5.41, 5.74) is -1.80. The highest BCUT2D eigenvalue weighted by Crippen LogP contribution is 2.69. The number of ketones is 2. The molecular weight excluding hydrogens is 448 g/mol. The van der Waals surface area contributed by atoms with Crippen molar-refractivity contribution in [3.05, 3.63) is 0 Å². The zero-order valence-corrected chi connectivity index (χ0v) is 20.2. The van der Waals surface area contributed by atoms with Gasteiger partial charge in [0, 0.05) is 18.8 Å². The van der Waals surface area contributed by atoms with Crippen molar-refractivity contribution in [3.8, 4) is 0 Å². The number of hydrogen-bond donors (Lipinski definition) is 1. The van der Waals surface area contributed by atoms with Crippen LogP contribution in [0.1, 0.15) is 72.6 Å². The van der Waals surface area contributed by atoms with Gasteiger partial charge in [-0.3, -0.25) is 14.4 Å². The van der Waals surface area contributed by atoms with E-state index >= 15 is 0 Å². The van der Waals surface area contributed by atoms with E-state index in [4.69, 9.17) is 4.74 Å². The Morgan fingerprint density at radius 1 is 1.20 bits per heavy atom. The van der Waals surface area contributed by atoms with Crippen molar-refractivity contribution in [1.29, 1.82) is 0 Å². The number of hydrogen-bond acceptors (Lipinski definition) is 5. The molecule has 9 atom stereocenters. The Kier molecular flexibility index (Phi) is 5.53. The molecule has 4 fully saturated rings. The van der Waals surface area contributed by atoms with Crippen LogP contribution >= 0.6 is 15.9 Å². The molecule has 0 aromatic rings. The zero-order chi connectivity index (χ0) is 22.1. The van der Waals surface area contributed by atoms with Crippen LogP contribution in [0, 0.1) is 40.4 Å². The third-order valence-corrected chi connectivity index (χ3v) is 10.7. The summed E-state index contributed by atoms with van der Waals surface area (Å²) >= 11 is 3.63. The molecule has 0 heterocycles. The van der Waals surface area contributed by atoms with Gasteiger partial charge in [0.05, 0.1) is 4.83 Å². The summed E-state index contributed by atoms with van der Waals surface area (Å²) in [4.78, 5) is 36.6. The minimum Gasteiger partial charge on any atom is -0.458 e. The molecule has 6 heteroatoms. The predicted molar refractivity (Wildman–Crippen MR) is 116 cm³/mol. The maximum atomic E-state index is 13.1. The molecule has 4 aliphatic rings. The number of fused-ring (bicyclic) bond motifs is 5. The first-order chi connectivity index (χ1) is 13.9. The van der Waals surface area contributed by atoms with Gasteiger partial charge in [-0.25, -0.2) is 0 Å². The molecule has 4 aliphatic carbocycles. The lowest BCUT2D eigenvalue weighted by Gasteiger charge is -2.61. The van der Waals surface area contributed by atoms with E-state index in [1.807, 2.05) is 6.92 Å². The van der Waals surface area contributed by atoms with Crippen LogP contribution in [0.4, 0.5) is 0 Å². The van der Waals surface area contributed by atoms with Crippen LogP contribution in [0.3, 0.4) is 0 Å². The largest absolute Gasteiger partial charge is 0.458 e. The highest BCUT2D eigenvalue weighted by Gasteiger charge is 2.69. The molecule has 0 aromatic heterocycles. The molecule has 0 bridgehead atoms. The fourth-order valence-electron chi connectivity index (χ4n) is 8.27. The molecule has 0 unspecified atom stereocenters. The Bertz CT molecular complexity index is 767. The fraction of sp³-hybridized carbons (Fsp3) is 0.875. The smallest absolute Gasteiger partial charge is 0.303 e. The molecule has 1 N–H and O–H groups in total. The topological polar surface area (TPSA) is 80.7 Å². The van der Waals surface area contributed by atoms with Gasteiger partial charge in [-0.2, -0.15) is 0 Å². The van der Waals surface area contributed by atoms with Crippen LogP contribution in [-0.2, 0) is 19.1 Å². The molecule has 30 heavy (non-hydrogen) atoms. The predicted octanol–water partition coefficient (Wildman–Crippen LogP) is 4.08. The van der Waals surface area contributed by atoms with Crippen molar-refractivity contribution in [2.75, 3.05) is 6.61 Å². The van der Waals surface area contributed by atoms with E-state index in [0.29, 0.717) is 30.0 Å².